The molecule has 0 radical (unpaired) electrons. The van der Waals surface area contributed by atoms with Crippen molar-refractivity contribution in [3.8, 4) is 0 Å². The molecule has 4 N–H and O–H groups in total. The maximum atomic E-state index is 11.3. The van der Waals surface area contributed by atoms with E-state index in [4.69, 9.17) is 11.5 Å². The number of carbonyl (C=O) groups excluding carboxylic acids is 1. The van der Waals surface area contributed by atoms with E-state index in [9.17, 15) is 4.79 Å². The molecule has 1 aromatic carbocycles. The van der Waals surface area contributed by atoms with E-state index in [1.807, 2.05) is 23.9 Å². The van der Waals surface area contributed by atoms with Gasteiger partial charge in [0.1, 0.15) is 0 Å². The molecule has 0 unspecified atom stereocenters. The van der Waals surface area contributed by atoms with Crippen molar-refractivity contribution in [3.05, 3.63) is 23.8 Å². The van der Waals surface area contributed by atoms with Crippen LogP contribution in [0.4, 0.5) is 11.4 Å². The summed E-state index contributed by atoms with van der Waals surface area (Å²) < 4.78 is 0.296. The minimum atomic E-state index is -0.469. The maximum absolute atomic E-state index is 11.3. The van der Waals surface area contributed by atoms with E-state index in [2.05, 4.69) is 18.7 Å². The highest BCUT2D eigenvalue weighted by atomic mass is 32.2. The van der Waals surface area contributed by atoms with Gasteiger partial charge in [-0.1, -0.05) is 19.9 Å². The number of rotatable bonds is 2. The van der Waals surface area contributed by atoms with Crippen molar-refractivity contribution >= 4 is 29.0 Å². The molecule has 1 aliphatic rings. The first-order valence-corrected chi connectivity index (χ1v) is 7.46. The van der Waals surface area contributed by atoms with E-state index in [-0.39, 0.29) is 0 Å². The van der Waals surface area contributed by atoms with Crippen molar-refractivity contribution < 1.29 is 4.79 Å². The summed E-state index contributed by atoms with van der Waals surface area (Å²) in [7, 11) is 0. The van der Waals surface area contributed by atoms with E-state index in [1.165, 1.54) is 0 Å². The first-order valence-electron chi connectivity index (χ1n) is 6.48. The van der Waals surface area contributed by atoms with Crippen LogP contribution in [-0.4, -0.2) is 29.5 Å². The summed E-state index contributed by atoms with van der Waals surface area (Å²) >= 11 is 1.98. The first kappa shape index (κ1) is 14.1. The van der Waals surface area contributed by atoms with Crippen molar-refractivity contribution in [2.45, 2.75) is 25.0 Å². The van der Waals surface area contributed by atoms with Crippen LogP contribution >= 0.6 is 11.8 Å². The van der Waals surface area contributed by atoms with Crippen molar-refractivity contribution in [2.75, 3.05) is 29.5 Å². The summed E-state index contributed by atoms with van der Waals surface area (Å²) in [5.41, 5.74) is 13.3. The van der Waals surface area contributed by atoms with Crippen molar-refractivity contribution in [3.63, 3.8) is 0 Å². The molecule has 4 nitrogen and oxygen atoms in total. The van der Waals surface area contributed by atoms with Gasteiger partial charge in [-0.2, -0.15) is 11.8 Å². The lowest BCUT2D eigenvalue weighted by atomic mass is 10.1. The number of anilines is 2. The molecule has 1 heterocycles. The highest BCUT2D eigenvalue weighted by molar-refractivity contribution is 8.00. The molecule has 1 aromatic rings. The molecule has 0 bridgehead atoms. The molecule has 0 atom stereocenters. The van der Waals surface area contributed by atoms with E-state index >= 15 is 0 Å². The van der Waals surface area contributed by atoms with E-state index < -0.39 is 5.91 Å². The van der Waals surface area contributed by atoms with Gasteiger partial charge in [0.15, 0.2) is 0 Å². The number of carbonyl (C=O) groups is 1. The number of nitrogen functional groups attached to an aromatic ring is 1. The van der Waals surface area contributed by atoms with Crippen LogP contribution < -0.4 is 16.4 Å². The van der Waals surface area contributed by atoms with Gasteiger partial charge in [-0.15, -0.1) is 0 Å². The number of hydrogen-bond donors (Lipinski definition) is 2. The Morgan fingerprint density at radius 3 is 2.79 bits per heavy atom. The monoisotopic (exact) mass is 279 g/mol. The Kier molecular flexibility index (Phi) is 3.94. The van der Waals surface area contributed by atoms with Gasteiger partial charge in [-0.25, -0.2) is 0 Å². The summed E-state index contributed by atoms with van der Waals surface area (Å²) in [6.07, 6.45) is 1.10. The lowest BCUT2D eigenvalue weighted by Crippen LogP contribution is -2.28. The van der Waals surface area contributed by atoms with Crippen LogP contribution in [-0.2, 0) is 0 Å². The molecule has 1 saturated heterocycles. The average molecular weight is 279 g/mol. The lowest BCUT2D eigenvalue weighted by Gasteiger charge is -2.26. The van der Waals surface area contributed by atoms with Crippen molar-refractivity contribution in [2.24, 2.45) is 5.73 Å². The molecule has 2 rings (SSSR count). The Labute approximate surface area is 118 Å². The van der Waals surface area contributed by atoms with Gasteiger partial charge in [0.05, 0.1) is 16.9 Å². The molecule has 1 aliphatic heterocycles. The van der Waals surface area contributed by atoms with Gasteiger partial charge in [-0.3, -0.25) is 4.79 Å². The number of benzene rings is 1. The van der Waals surface area contributed by atoms with Crippen LogP contribution in [0, 0.1) is 0 Å². The largest absolute Gasteiger partial charge is 0.396 e. The average Bonchev–Trinajstić information content (AvgIpc) is 2.50. The smallest absolute Gasteiger partial charge is 0.250 e. The van der Waals surface area contributed by atoms with E-state index in [0.717, 1.165) is 31.0 Å². The Balaban J connectivity index is 2.27. The molecule has 19 heavy (non-hydrogen) atoms. The standard InChI is InChI=1S/C14H21N3OS/c1-14(2)6-7-17(8-9-19-14)11-5-3-4-10(12(11)15)13(16)18/h3-5H,6-9,15H2,1-2H3,(H2,16,18). The fraction of sp³-hybridized carbons (Fsp3) is 0.500. The SMILES string of the molecule is CC1(C)CCN(c2cccc(C(N)=O)c2N)CCS1. The fourth-order valence-corrected chi connectivity index (χ4v) is 3.40. The second-order valence-electron chi connectivity index (χ2n) is 5.45. The van der Waals surface area contributed by atoms with Gasteiger partial charge in [0, 0.05) is 23.6 Å². The third kappa shape index (κ3) is 3.15. The Morgan fingerprint density at radius 1 is 1.37 bits per heavy atom. The molecule has 0 spiro atoms. The first-order chi connectivity index (χ1) is 8.91. The van der Waals surface area contributed by atoms with Crippen LogP contribution in [0.5, 0.6) is 0 Å². The summed E-state index contributed by atoms with van der Waals surface area (Å²) in [4.78, 5) is 13.6. The zero-order chi connectivity index (χ0) is 14.0. The Bertz CT molecular complexity index is 488. The second kappa shape index (κ2) is 5.33. The van der Waals surface area contributed by atoms with Crippen LogP contribution in [0.25, 0.3) is 0 Å². The van der Waals surface area contributed by atoms with Crippen LogP contribution in [0.3, 0.4) is 0 Å². The van der Waals surface area contributed by atoms with Gasteiger partial charge in [-0.05, 0) is 18.6 Å². The second-order valence-corrected chi connectivity index (χ2v) is 7.25. The molecule has 104 valence electrons. The van der Waals surface area contributed by atoms with Gasteiger partial charge < -0.3 is 16.4 Å². The number of amides is 1. The number of nitrogens with zero attached hydrogens (tertiary/aromatic N) is 1. The quantitative estimate of drug-likeness (QED) is 0.813. The van der Waals surface area contributed by atoms with Gasteiger partial charge >= 0.3 is 0 Å². The molecular formula is C14H21N3OS. The fourth-order valence-electron chi connectivity index (χ4n) is 2.30. The third-order valence-corrected chi connectivity index (χ3v) is 4.90. The highest BCUT2D eigenvalue weighted by Crippen LogP contribution is 2.34. The molecule has 1 amide bonds. The normalized spacial score (nSPS) is 18.9. The molecule has 0 saturated carbocycles. The highest BCUT2D eigenvalue weighted by Gasteiger charge is 2.25. The van der Waals surface area contributed by atoms with Crippen LogP contribution in [0.1, 0.15) is 30.6 Å². The zero-order valence-electron chi connectivity index (χ0n) is 11.5. The summed E-state index contributed by atoms with van der Waals surface area (Å²) in [6.45, 7) is 6.43. The van der Waals surface area contributed by atoms with Gasteiger partial charge in [0.25, 0.3) is 5.91 Å². The number of thioether (sulfide) groups is 1. The molecular weight excluding hydrogens is 258 g/mol. The van der Waals surface area contributed by atoms with Gasteiger partial charge in [0.2, 0.25) is 0 Å². The number of primary amides is 1. The third-order valence-electron chi connectivity index (χ3n) is 3.53. The number of para-hydroxylation sites is 1. The Morgan fingerprint density at radius 2 is 2.11 bits per heavy atom. The van der Waals surface area contributed by atoms with E-state index in [0.29, 0.717) is 16.0 Å². The summed E-state index contributed by atoms with van der Waals surface area (Å²) in [5.74, 6) is 0.594. The minimum absolute atomic E-state index is 0.296. The van der Waals surface area contributed by atoms with Crippen LogP contribution in [0.2, 0.25) is 0 Å². The van der Waals surface area contributed by atoms with Crippen molar-refractivity contribution in [1.82, 2.24) is 0 Å². The molecule has 5 heteroatoms. The molecule has 1 fully saturated rings. The van der Waals surface area contributed by atoms with E-state index in [1.54, 1.807) is 6.07 Å². The maximum Gasteiger partial charge on any atom is 0.250 e. The zero-order valence-corrected chi connectivity index (χ0v) is 12.3. The lowest BCUT2D eigenvalue weighted by molar-refractivity contribution is 0.100. The number of nitrogens with two attached hydrogens (primary N) is 2. The number of hydrogen-bond acceptors (Lipinski definition) is 4. The molecule has 0 aliphatic carbocycles. The summed E-state index contributed by atoms with van der Waals surface area (Å²) in [5, 5.41) is 0. The topological polar surface area (TPSA) is 72.3 Å². The Hall–Kier alpha value is -1.36. The predicted molar refractivity (Wildman–Crippen MR) is 82.7 cm³/mol. The van der Waals surface area contributed by atoms with Crippen molar-refractivity contribution in [1.29, 1.82) is 0 Å². The molecule has 0 aromatic heterocycles. The van der Waals surface area contributed by atoms with Crippen LogP contribution in [0.15, 0.2) is 18.2 Å². The predicted octanol–water partition coefficient (Wildman–Crippen LogP) is 2.09. The summed E-state index contributed by atoms with van der Waals surface area (Å²) in [6, 6.07) is 5.48. The minimum Gasteiger partial charge on any atom is -0.396 e.